The maximum Gasteiger partial charge on any atom is 0.289 e. The highest BCUT2D eigenvalue weighted by Crippen LogP contribution is 2.25. The molecule has 1 aromatic heterocycles. The highest BCUT2D eigenvalue weighted by Gasteiger charge is 2.15. The van der Waals surface area contributed by atoms with E-state index in [0.29, 0.717) is 36.4 Å². The van der Waals surface area contributed by atoms with Crippen LogP contribution in [0.25, 0.3) is 10.9 Å². The number of aliphatic imine (C=N–C) groups is 1. The zero-order chi connectivity index (χ0) is 26.6. The zero-order valence-electron chi connectivity index (χ0n) is 21.2. The van der Waals surface area contributed by atoms with Crippen LogP contribution in [0.2, 0.25) is 0 Å². The first-order valence-electron chi connectivity index (χ1n) is 12.0. The fourth-order valence-electron chi connectivity index (χ4n) is 3.36. The number of hydrogen-bond acceptors (Lipinski definition) is 8. The molecule has 2 aliphatic heterocycles. The van der Waals surface area contributed by atoms with Crippen molar-refractivity contribution in [3.8, 4) is 0 Å². The van der Waals surface area contributed by atoms with E-state index >= 15 is 0 Å². The molecule has 0 amide bonds. The largest absolute Gasteiger partial charge is 0.492 e. The summed E-state index contributed by atoms with van der Waals surface area (Å²) in [5.41, 5.74) is 3.05. The van der Waals surface area contributed by atoms with Crippen LogP contribution in [0.3, 0.4) is 0 Å². The number of aromatic nitrogens is 2. The van der Waals surface area contributed by atoms with E-state index < -0.39 is 0 Å². The SMILES string of the molecule is C=C/C(=C\C=C(/CCl)OCC1=CC(F)=CNC1)Nc1ncnc2ccc(NC3=NCC(C)O3)cc12.CC. The smallest absolute Gasteiger partial charge is 0.289 e. The van der Waals surface area contributed by atoms with Crippen LogP contribution >= 0.6 is 11.6 Å². The number of rotatable bonds is 9. The second-order valence-electron chi connectivity index (χ2n) is 7.87. The maximum atomic E-state index is 13.4. The number of dihydropyridines is 1. The summed E-state index contributed by atoms with van der Waals surface area (Å²) in [6.07, 6.45) is 9.51. The van der Waals surface area contributed by atoms with Crippen molar-refractivity contribution in [2.45, 2.75) is 26.9 Å². The summed E-state index contributed by atoms with van der Waals surface area (Å²) in [5, 5.41) is 10.1. The predicted octanol–water partition coefficient (Wildman–Crippen LogP) is 5.80. The van der Waals surface area contributed by atoms with Crippen LogP contribution in [-0.4, -0.2) is 47.7 Å². The summed E-state index contributed by atoms with van der Waals surface area (Å²) in [7, 11) is 0. The van der Waals surface area contributed by atoms with Crippen molar-refractivity contribution in [3.63, 3.8) is 0 Å². The van der Waals surface area contributed by atoms with Crippen LogP contribution < -0.4 is 16.0 Å². The molecule has 3 N–H and O–H groups in total. The van der Waals surface area contributed by atoms with Gasteiger partial charge in [0.1, 0.15) is 36.4 Å². The molecule has 0 fully saturated rings. The average molecular weight is 527 g/mol. The average Bonchev–Trinajstić information content (AvgIpc) is 3.33. The lowest BCUT2D eigenvalue weighted by Gasteiger charge is -2.14. The molecule has 0 saturated carbocycles. The molecule has 0 aliphatic carbocycles. The number of allylic oxidation sites excluding steroid dienone is 6. The van der Waals surface area contributed by atoms with Gasteiger partial charge in [0.05, 0.1) is 17.9 Å². The van der Waals surface area contributed by atoms with Gasteiger partial charge >= 0.3 is 0 Å². The minimum Gasteiger partial charge on any atom is -0.492 e. The van der Waals surface area contributed by atoms with Gasteiger partial charge in [-0.05, 0) is 55.0 Å². The van der Waals surface area contributed by atoms with Crippen LogP contribution in [0, 0.1) is 0 Å². The number of nitrogens with one attached hydrogen (secondary N) is 3. The molecule has 1 aromatic carbocycles. The lowest BCUT2D eigenvalue weighted by molar-refractivity contribution is 0.240. The third-order valence-corrected chi connectivity index (χ3v) is 5.37. The van der Waals surface area contributed by atoms with E-state index in [2.05, 4.69) is 37.5 Å². The van der Waals surface area contributed by atoms with Gasteiger partial charge in [0.25, 0.3) is 6.02 Å². The molecule has 1 atom stereocenters. The van der Waals surface area contributed by atoms with Gasteiger partial charge < -0.3 is 25.4 Å². The second-order valence-corrected chi connectivity index (χ2v) is 8.14. The Morgan fingerprint density at radius 2 is 2.16 bits per heavy atom. The molecule has 10 heteroatoms. The van der Waals surface area contributed by atoms with Crippen molar-refractivity contribution in [2.24, 2.45) is 4.99 Å². The second kappa shape index (κ2) is 14.0. The summed E-state index contributed by atoms with van der Waals surface area (Å²) in [4.78, 5) is 13.1. The van der Waals surface area contributed by atoms with Crippen LogP contribution in [0.5, 0.6) is 0 Å². The molecule has 2 aliphatic rings. The van der Waals surface area contributed by atoms with Crippen molar-refractivity contribution in [2.75, 3.05) is 36.2 Å². The predicted molar refractivity (Wildman–Crippen MR) is 149 cm³/mol. The third kappa shape index (κ3) is 8.08. The van der Waals surface area contributed by atoms with Gasteiger partial charge in [0.15, 0.2) is 0 Å². The maximum absolute atomic E-state index is 13.4. The van der Waals surface area contributed by atoms with E-state index in [-0.39, 0.29) is 24.4 Å². The van der Waals surface area contributed by atoms with E-state index in [1.54, 1.807) is 18.2 Å². The van der Waals surface area contributed by atoms with Crippen molar-refractivity contribution >= 4 is 40.0 Å². The van der Waals surface area contributed by atoms with Crippen LogP contribution in [0.4, 0.5) is 15.9 Å². The van der Waals surface area contributed by atoms with Crippen molar-refractivity contribution in [1.82, 2.24) is 15.3 Å². The molecule has 0 bridgehead atoms. The molecule has 0 spiro atoms. The number of benzene rings is 1. The van der Waals surface area contributed by atoms with Crippen LogP contribution in [-0.2, 0) is 9.47 Å². The Kier molecular flexibility index (Phi) is 10.5. The minimum atomic E-state index is -0.335. The summed E-state index contributed by atoms with van der Waals surface area (Å²) < 4.78 is 24.7. The number of halogens is 2. The first-order chi connectivity index (χ1) is 18.0. The number of anilines is 2. The van der Waals surface area contributed by atoms with E-state index in [1.165, 1.54) is 18.6 Å². The number of hydrogen-bond donors (Lipinski definition) is 3. The Labute approximate surface area is 221 Å². The lowest BCUT2D eigenvalue weighted by atomic mass is 10.2. The lowest BCUT2D eigenvalue weighted by Crippen LogP contribution is -2.17. The zero-order valence-corrected chi connectivity index (χ0v) is 22.0. The normalized spacial score (nSPS) is 17.3. The van der Waals surface area contributed by atoms with Gasteiger partial charge in [-0.3, -0.25) is 0 Å². The molecule has 2 aromatic rings. The Balaban J connectivity index is 0.00000186. The molecule has 1 unspecified atom stereocenters. The quantitative estimate of drug-likeness (QED) is 0.216. The van der Waals surface area contributed by atoms with E-state index in [0.717, 1.165) is 22.2 Å². The molecule has 0 saturated heterocycles. The van der Waals surface area contributed by atoms with Crippen molar-refractivity contribution in [1.29, 1.82) is 0 Å². The Bertz CT molecular complexity index is 1250. The molecule has 196 valence electrons. The number of ether oxygens (including phenoxy) is 2. The Morgan fingerprint density at radius 1 is 1.32 bits per heavy atom. The first kappa shape index (κ1) is 27.7. The topological polar surface area (TPSA) is 92.7 Å². The minimum absolute atomic E-state index is 0.0581. The number of fused-ring (bicyclic) bond motifs is 1. The number of nitrogens with zero attached hydrogens (tertiary/aromatic N) is 3. The number of alkyl halides is 1. The Hall–Kier alpha value is -3.85. The fourth-order valence-corrected chi connectivity index (χ4v) is 3.53. The first-order valence-corrected chi connectivity index (χ1v) is 12.6. The van der Waals surface area contributed by atoms with Gasteiger partial charge in [0.2, 0.25) is 0 Å². The van der Waals surface area contributed by atoms with Crippen molar-refractivity contribution < 1.29 is 13.9 Å². The highest BCUT2D eigenvalue weighted by molar-refractivity contribution is 6.19. The van der Waals surface area contributed by atoms with Crippen LogP contribution in [0.1, 0.15) is 20.8 Å². The highest BCUT2D eigenvalue weighted by atomic mass is 35.5. The van der Waals surface area contributed by atoms with E-state index in [9.17, 15) is 4.39 Å². The van der Waals surface area contributed by atoms with Gasteiger partial charge in [-0.1, -0.05) is 20.4 Å². The third-order valence-electron chi connectivity index (χ3n) is 5.11. The van der Waals surface area contributed by atoms with E-state index in [1.807, 2.05) is 39.0 Å². The molecular weight excluding hydrogens is 495 g/mol. The summed E-state index contributed by atoms with van der Waals surface area (Å²) in [5.74, 6) is 0.970. The standard InChI is InChI=1S/C25H26ClFN6O2.C2H6/c1-3-19(4-6-21(10-26)34-14-17-8-18(27)13-28-12-17)32-24-22-9-20(5-7-23(22)30-15-31-24)33-25-29-11-16(2)35-25;1-2/h3-9,13,15-16,28H,1,10-12,14H2,2H3,(H,29,33)(H,30,31,32);1-2H3/b19-4+,21-6+;. The summed E-state index contributed by atoms with van der Waals surface area (Å²) in [6.45, 7) is 11.2. The van der Waals surface area contributed by atoms with Crippen molar-refractivity contribution in [3.05, 3.63) is 84.5 Å². The molecule has 3 heterocycles. The Morgan fingerprint density at radius 3 is 2.86 bits per heavy atom. The van der Waals surface area contributed by atoms with Gasteiger partial charge in [-0.25, -0.2) is 19.4 Å². The van der Waals surface area contributed by atoms with Gasteiger partial charge in [-0.15, -0.1) is 11.6 Å². The number of amidine groups is 1. The monoisotopic (exact) mass is 526 g/mol. The molecule has 8 nitrogen and oxygen atoms in total. The van der Waals surface area contributed by atoms with Crippen LogP contribution in [0.15, 0.2) is 89.5 Å². The molecule has 37 heavy (non-hydrogen) atoms. The van der Waals surface area contributed by atoms with Gasteiger partial charge in [0, 0.05) is 29.5 Å². The molecular formula is C27H32ClFN6O2. The molecule has 0 radical (unpaired) electrons. The van der Waals surface area contributed by atoms with Gasteiger partial charge in [-0.2, -0.15) is 0 Å². The van der Waals surface area contributed by atoms with E-state index in [4.69, 9.17) is 21.1 Å². The molecule has 4 rings (SSSR count). The fraction of sp³-hybridized carbons (Fsp3) is 0.296. The summed E-state index contributed by atoms with van der Waals surface area (Å²) >= 11 is 6.04. The summed E-state index contributed by atoms with van der Waals surface area (Å²) in [6, 6.07) is 6.22.